The Morgan fingerprint density at radius 2 is 1.75 bits per heavy atom. The first-order valence-corrected chi connectivity index (χ1v) is 5.88. The summed E-state index contributed by atoms with van der Waals surface area (Å²) in [6.45, 7) is 0.504. The Morgan fingerprint density at radius 3 is 2.15 bits per heavy atom. The van der Waals surface area contributed by atoms with E-state index in [0.717, 1.165) is 18.6 Å². The molecule has 0 aliphatic heterocycles. The molecule has 0 amide bonds. The summed E-state index contributed by atoms with van der Waals surface area (Å²) in [5.41, 5.74) is 0.189. The lowest BCUT2D eigenvalue weighted by Crippen LogP contribution is -2.13. The highest BCUT2D eigenvalue weighted by Crippen LogP contribution is 2.28. The molecule has 0 saturated heterocycles. The van der Waals surface area contributed by atoms with Gasteiger partial charge in [-0.1, -0.05) is 36.4 Å². The number of carbonyl (C=O) groups is 1. The Bertz CT molecular complexity index is 421. The second-order valence-corrected chi connectivity index (χ2v) is 3.91. The number of hydrogen-bond donors (Lipinski definition) is 2. The summed E-state index contributed by atoms with van der Waals surface area (Å²) < 4.78 is 37.3. The van der Waals surface area contributed by atoms with Crippen LogP contribution < -0.4 is 0 Å². The molecule has 0 unspecified atom stereocenters. The summed E-state index contributed by atoms with van der Waals surface area (Å²) in [6, 6.07) is 8.97. The van der Waals surface area contributed by atoms with Crippen LogP contribution in [-0.4, -0.2) is 29.0 Å². The smallest absolute Gasteiger partial charge is 0.412 e. The van der Waals surface area contributed by atoms with Crippen LogP contribution in [0.1, 0.15) is 18.9 Å². The van der Waals surface area contributed by atoms with E-state index in [1.807, 2.05) is 6.07 Å². The molecule has 3 nitrogen and oxygen atoms in total. The first-order valence-electron chi connectivity index (χ1n) is 5.88. The monoisotopic (exact) mass is 290 g/mol. The van der Waals surface area contributed by atoms with Gasteiger partial charge >= 0.3 is 6.18 Å². The third-order valence-electron chi connectivity index (χ3n) is 2.23. The zero-order chi connectivity index (χ0) is 15.6. The summed E-state index contributed by atoms with van der Waals surface area (Å²) in [5.74, 6) is -0.833. The highest BCUT2D eigenvalue weighted by Gasteiger charge is 2.32. The van der Waals surface area contributed by atoms with Crippen molar-refractivity contribution in [3.63, 3.8) is 0 Å². The molecule has 0 spiro atoms. The molecule has 112 valence electrons. The number of aliphatic hydroxyl groups is 1. The van der Waals surface area contributed by atoms with Crippen molar-refractivity contribution in [1.82, 2.24) is 0 Å². The maximum Gasteiger partial charge on any atom is 0.412 e. The standard InChI is InChI=1S/C12H13F3O.C2H4O2/c13-12(14,15)11(8-9-16)7-6-10-4-2-1-3-5-10;1-2(3)4/h1-5,8,16H,6-7,9H2;1H3,(H,3,4). The normalized spacial score (nSPS) is 11.6. The van der Waals surface area contributed by atoms with E-state index in [4.69, 9.17) is 15.0 Å². The highest BCUT2D eigenvalue weighted by atomic mass is 19.4. The van der Waals surface area contributed by atoms with Crippen LogP contribution in [0.25, 0.3) is 0 Å². The quantitative estimate of drug-likeness (QED) is 0.837. The molecule has 1 aromatic rings. The molecular weight excluding hydrogens is 273 g/mol. The van der Waals surface area contributed by atoms with Crippen molar-refractivity contribution >= 4 is 5.97 Å². The first kappa shape index (κ1) is 18.2. The minimum atomic E-state index is -4.35. The molecule has 0 fully saturated rings. The van der Waals surface area contributed by atoms with E-state index >= 15 is 0 Å². The number of aryl methyl sites for hydroxylation is 1. The van der Waals surface area contributed by atoms with Crippen LogP contribution in [0, 0.1) is 0 Å². The van der Waals surface area contributed by atoms with Gasteiger partial charge in [0, 0.05) is 12.5 Å². The average Bonchev–Trinajstić information content (AvgIpc) is 2.33. The van der Waals surface area contributed by atoms with Crippen LogP contribution in [0.15, 0.2) is 42.0 Å². The zero-order valence-corrected chi connectivity index (χ0v) is 11.0. The molecule has 0 atom stereocenters. The Balaban J connectivity index is 0.000000796. The average molecular weight is 290 g/mol. The largest absolute Gasteiger partial charge is 0.481 e. The summed E-state index contributed by atoms with van der Waals surface area (Å²) in [7, 11) is 0. The van der Waals surface area contributed by atoms with Crippen LogP contribution in [0.2, 0.25) is 0 Å². The van der Waals surface area contributed by atoms with Crippen molar-refractivity contribution in [2.75, 3.05) is 6.61 Å². The topological polar surface area (TPSA) is 57.5 Å². The highest BCUT2D eigenvalue weighted by molar-refractivity contribution is 5.62. The van der Waals surface area contributed by atoms with Gasteiger partial charge < -0.3 is 10.2 Å². The number of alkyl halides is 3. The number of aliphatic carboxylic acids is 1. The SMILES string of the molecule is CC(=O)O.OCC=C(CCc1ccccc1)C(F)(F)F. The molecule has 0 radical (unpaired) electrons. The van der Waals surface area contributed by atoms with Crippen LogP contribution in [0.3, 0.4) is 0 Å². The van der Waals surface area contributed by atoms with Crippen molar-refractivity contribution in [1.29, 1.82) is 0 Å². The minimum Gasteiger partial charge on any atom is -0.481 e. The van der Waals surface area contributed by atoms with E-state index in [0.29, 0.717) is 6.42 Å². The van der Waals surface area contributed by atoms with E-state index in [1.54, 1.807) is 24.3 Å². The predicted molar refractivity (Wildman–Crippen MR) is 69.3 cm³/mol. The molecule has 2 N–H and O–H groups in total. The van der Waals surface area contributed by atoms with E-state index in [-0.39, 0.29) is 6.42 Å². The van der Waals surface area contributed by atoms with Gasteiger partial charge in [0.05, 0.1) is 6.61 Å². The van der Waals surface area contributed by atoms with Crippen LogP contribution in [0.4, 0.5) is 13.2 Å². The van der Waals surface area contributed by atoms with Gasteiger partial charge in [0.2, 0.25) is 0 Å². The summed E-state index contributed by atoms with van der Waals surface area (Å²) in [4.78, 5) is 9.00. The number of aliphatic hydroxyl groups excluding tert-OH is 1. The molecule has 0 heterocycles. The van der Waals surface area contributed by atoms with Gasteiger partial charge in [0.25, 0.3) is 5.97 Å². The van der Waals surface area contributed by atoms with Crippen molar-refractivity contribution in [2.45, 2.75) is 25.9 Å². The number of halogens is 3. The van der Waals surface area contributed by atoms with Gasteiger partial charge in [0.15, 0.2) is 0 Å². The molecule has 6 heteroatoms. The van der Waals surface area contributed by atoms with Crippen molar-refractivity contribution in [3.8, 4) is 0 Å². The molecule has 0 aliphatic carbocycles. The van der Waals surface area contributed by atoms with Crippen molar-refractivity contribution in [2.24, 2.45) is 0 Å². The molecule has 0 saturated carbocycles. The predicted octanol–water partition coefficient (Wildman–Crippen LogP) is 3.19. The molecule has 0 aliphatic rings. The Hall–Kier alpha value is -1.82. The third-order valence-corrected chi connectivity index (χ3v) is 2.23. The number of rotatable bonds is 4. The van der Waals surface area contributed by atoms with E-state index in [1.165, 1.54) is 0 Å². The molecule has 0 bridgehead atoms. The lowest BCUT2D eigenvalue weighted by atomic mass is 10.0. The number of carboxylic acid groups (broad SMARTS) is 1. The van der Waals surface area contributed by atoms with Crippen molar-refractivity contribution in [3.05, 3.63) is 47.5 Å². The molecule has 20 heavy (non-hydrogen) atoms. The van der Waals surface area contributed by atoms with Gasteiger partial charge in [-0.2, -0.15) is 13.2 Å². The van der Waals surface area contributed by atoms with E-state index < -0.39 is 24.3 Å². The maximum atomic E-state index is 12.4. The second-order valence-electron chi connectivity index (χ2n) is 3.91. The lowest BCUT2D eigenvalue weighted by molar-refractivity contribution is -0.134. The van der Waals surface area contributed by atoms with Crippen LogP contribution in [-0.2, 0) is 11.2 Å². The van der Waals surface area contributed by atoms with Crippen molar-refractivity contribution < 1.29 is 28.2 Å². The molecule has 0 aromatic heterocycles. The van der Waals surface area contributed by atoms with E-state index in [2.05, 4.69) is 0 Å². The summed E-state index contributed by atoms with van der Waals surface area (Å²) in [5, 5.41) is 15.9. The number of carboxylic acids is 1. The number of hydrogen-bond acceptors (Lipinski definition) is 2. The van der Waals surface area contributed by atoms with Gasteiger partial charge in [-0.15, -0.1) is 0 Å². The second kappa shape index (κ2) is 9.14. The van der Waals surface area contributed by atoms with Crippen LogP contribution in [0.5, 0.6) is 0 Å². The summed E-state index contributed by atoms with van der Waals surface area (Å²) >= 11 is 0. The fourth-order valence-corrected chi connectivity index (χ4v) is 1.39. The molecule has 1 rings (SSSR count). The Kier molecular flexibility index (Phi) is 8.31. The molecular formula is C14H17F3O3. The van der Waals surface area contributed by atoms with Gasteiger partial charge in [-0.25, -0.2) is 0 Å². The van der Waals surface area contributed by atoms with Gasteiger partial charge in [-0.05, 0) is 18.4 Å². The number of allylic oxidation sites excluding steroid dienone is 1. The first-order chi connectivity index (χ1) is 9.27. The fraction of sp³-hybridized carbons (Fsp3) is 0.357. The van der Waals surface area contributed by atoms with E-state index in [9.17, 15) is 13.2 Å². The number of benzene rings is 1. The zero-order valence-electron chi connectivity index (χ0n) is 11.0. The minimum absolute atomic E-state index is 0.103. The maximum absolute atomic E-state index is 12.4. The summed E-state index contributed by atoms with van der Waals surface area (Å²) in [6.07, 6.45) is -3.30. The van der Waals surface area contributed by atoms with Crippen LogP contribution >= 0.6 is 0 Å². The third kappa shape index (κ3) is 9.16. The Labute approximate surface area is 115 Å². The van der Waals surface area contributed by atoms with Gasteiger partial charge in [-0.3, -0.25) is 4.79 Å². The Morgan fingerprint density at radius 1 is 1.25 bits per heavy atom. The fourth-order valence-electron chi connectivity index (χ4n) is 1.39. The lowest BCUT2D eigenvalue weighted by Gasteiger charge is -2.11. The molecule has 1 aromatic carbocycles. The van der Waals surface area contributed by atoms with Gasteiger partial charge in [0.1, 0.15) is 0 Å².